The van der Waals surface area contributed by atoms with Crippen LogP contribution in [0.15, 0.2) is 89.7 Å². The molecule has 6 aromatic rings. The number of nitrogens with zero attached hydrogens (tertiary/aromatic N) is 3. The van der Waals surface area contributed by atoms with Gasteiger partial charge in [0.05, 0.1) is 13.6 Å². The lowest BCUT2D eigenvalue weighted by Gasteiger charge is -2.23. The van der Waals surface area contributed by atoms with E-state index in [-0.39, 0.29) is 0 Å². The Balaban J connectivity index is 1.54. The Morgan fingerprint density at radius 3 is 2.36 bits per heavy atom. The SMILES string of the molecule is CC(C)Cc1cc[n+]2c(c1)-c1c(ccc3c1oc1ncccc13)C21c2ccccc2-c2cc(CC(C)C)c([Si](C)(C)C)c[n+]21. The summed E-state index contributed by atoms with van der Waals surface area (Å²) in [5.41, 5.74) is 11.5. The number of fused-ring (bicyclic) bond motifs is 14. The molecule has 0 amide bonds. The number of benzene rings is 2. The van der Waals surface area contributed by atoms with E-state index in [1.165, 1.54) is 44.8 Å². The Morgan fingerprint density at radius 1 is 0.795 bits per heavy atom. The molecule has 2 aliphatic rings. The van der Waals surface area contributed by atoms with Crippen molar-refractivity contribution in [3.05, 3.63) is 108 Å². The van der Waals surface area contributed by atoms with Gasteiger partial charge in [0, 0.05) is 40.4 Å². The van der Waals surface area contributed by atoms with Crippen LogP contribution in [0.4, 0.5) is 0 Å². The fourth-order valence-corrected chi connectivity index (χ4v) is 9.63. The maximum atomic E-state index is 6.67. The zero-order valence-corrected chi connectivity index (χ0v) is 27.9. The number of hydrogen-bond acceptors (Lipinski definition) is 2. The van der Waals surface area contributed by atoms with Crippen molar-refractivity contribution in [1.29, 1.82) is 0 Å². The highest BCUT2D eigenvalue weighted by Crippen LogP contribution is 2.50. The Morgan fingerprint density at radius 2 is 1.59 bits per heavy atom. The lowest BCUT2D eigenvalue weighted by Crippen LogP contribution is -2.72. The minimum absolute atomic E-state index is 0.557. The zero-order valence-electron chi connectivity index (χ0n) is 26.9. The van der Waals surface area contributed by atoms with Crippen LogP contribution in [0.25, 0.3) is 44.6 Å². The summed E-state index contributed by atoms with van der Waals surface area (Å²) in [5, 5.41) is 3.73. The number of furan rings is 1. The van der Waals surface area contributed by atoms with E-state index in [9.17, 15) is 0 Å². The topological polar surface area (TPSA) is 33.8 Å². The molecule has 1 unspecified atom stereocenters. The number of rotatable bonds is 5. The van der Waals surface area contributed by atoms with E-state index in [4.69, 9.17) is 4.42 Å². The first-order valence-electron chi connectivity index (χ1n) is 16.1. The van der Waals surface area contributed by atoms with Gasteiger partial charge in [-0.25, -0.2) is 4.98 Å². The lowest BCUT2D eigenvalue weighted by atomic mass is 9.89. The standard InChI is InChI=1S/C39H41N3OSi/c1-24(2)19-26-16-18-41-34(21-26)36-32(15-14-28-29-12-10-17-40-38(29)43-37(28)36)39(41)31-13-9-8-11-30(31)33-22-27(20-25(3)4)35(23-42(33)39)44(5,6)7/h8-18,21-25H,19-20H2,1-7H3/q+2. The maximum Gasteiger partial charge on any atom is 0.417 e. The van der Waals surface area contributed by atoms with Gasteiger partial charge in [0.1, 0.15) is 16.7 Å². The van der Waals surface area contributed by atoms with Crippen molar-refractivity contribution in [3.8, 4) is 22.5 Å². The maximum absolute atomic E-state index is 6.67. The molecule has 0 radical (unpaired) electrons. The molecule has 220 valence electrons. The van der Waals surface area contributed by atoms with Gasteiger partial charge in [0.2, 0.25) is 17.1 Å². The van der Waals surface area contributed by atoms with Crippen molar-refractivity contribution in [2.75, 3.05) is 0 Å². The van der Waals surface area contributed by atoms with Crippen molar-refractivity contribution in [2.24, 2.45) is 11.8 Å². The van der Waals surface area contributed by atoms with E-state index < -0.39 is 13.7 Å². The predicted molar refractivity (Wildman–Crippen MR) is 181 cm³/mol. The molecular weight excluding hydrogens is 555 g/mol. The third-order valence-electron chi connectivity index (χ3n) is 9.60. The fourth-order valence-electron chi connectivity index (χ4n) is 7.98. The number of hydrogen-bond donors (Lipinski definition) is 0. The van der Waals surface area contributed by atoms with Crippen molar-refractivity contribution < 1.29 is 13.6 Å². The van der Waals surface area contributed by atoms with Crippen LogP contribution in [0, 0.1) is 11.8 Å². The van der Waals surface area contributed by atoms with Crippen LogP contribution >= 0.6 is 0 Å². The van der Waals surface area contributed by atoms with Gasteiger partial charge in [-0.05, 0) is 72.2 Å². The van der Waals surface area contributed by atoms with Crippen LogP contribution in [-0.2, 0) is 18.5 Å². The third kappa shape index (κ3) is 3.71. The molecule has 0 saturated heterocycles. The first-order valence-corrected chi connectivity index (χ1v) is 19.6. The molecular formula is C39H41N3OSi+2. The van der Waals surface area contributed by atoms with Crippen LogP contribution in [0.5, 0.6) is 0 Å². The first kappa shape index (κ1) is 27.5. The monoisotopic (exact) mass is 595 g/mol. The summed E-state index contributed by atoms with van der Waals surface area (Å²) in [6.45, 7) is 16.7. The van der Waals surface area contributed by atoms with Gasteiger partial charge in [-0.15, -0.1) is 9.13 Å². The average molecular weight is 596 g/mol. The molecule has 1 spiro atoms. The van der Waals surface area contributed by atoms with E-state index in [0.29, 0.717) is 17.5 Å². The number of aromatic nitrogens is 3. The van der Waals surface area contributed by atoms with E-state index in [1.54, 1.807) is 5.19 Å². The van der Waals surface area contributed by atoms with Crippen LogP contribution in [0.1, 0.15) is 49.9 Å². The summed E-state index contributed by atoms with van der Waals surface area (Å²) in [4.78, 5) is 4.62. The summed E-state index contributed by atoms with van der Waals surface area (Å²) in [6.07, 6.45) is 8.83. The minimum Gasteiger partial charge on any atom is -0.437 e. The predicted octanol–water partition coefficient (Wildman–Crippen LogP) is 7.76. The van der Waals surface area contributed by atoms with Gasteiger partial charge in [-0.1, -0.05) is 59.5 Å². The highest BCUT2D eigenvalue weighted by molar-refractivity contribution is 6.89. The second-order valence-electron chi connectivity index (χ2n) is 14.7. The van der Waals surface area contributed by atoms with Crippen molar-refractivity contribution in [2.45, 2.75) is 65.8 Å². The normalized spacial score (nSPS) is 16.8. The molecule has 0 bridgehead atoms. The molecule has 0 aliphatic carbocycles. The molecule has 4 aromatic heterocycles. The highest BCUT2D eigenvalue weighted by atomic mass is 28.3. The summed E-state index contributed by atoms with van der Waals surface area (Å²) in [5.74, 6) is 1.16. The Kier molecular flexibility index (Phi) is 5.90. The van der Waals surface area contributed by atoms with Crippen LogP contribution in [-0.4, -0.2) is 13.1 Å². The van der Waals surface area contributed by atoms with Gasteiger partial charge >= 0.3 is 5.66 Å². The molecule has 0 N–H and O–H groups in total. The minimum atomic E-state index is -1.69. The molecule has 0 saturated carbocycles. The average Bonchev–Trinajstić information content (AvgIpc) is 3.59. The van der Waals surface area contributed by atoms with Crippen molar-refractivity contribution >= 4 is 35.3 Å². The van der Waals surface area contributed by atoms with E-state index in [0.717, 1.165) is 29.2 Å². The van der Waals surface area contributed by atoms with Gasteiger partial charge in [0.15, 0.2) is 18.0 Å². The summed E-state index contributed by atoms with van der Waals surface area (Å²) >= 11 is 0. The van der Waals surface area contributed by atoms with Crippen LogP contribution < -0.4 is 14.3 Å². The third-order valence-corrected chi connectivity index (χ3v) is 11.7. The van der Waals surface area contributed by atoms with E-state index in [2.05, 4.69) is 135 Å². The van der Waals surface area contributed by atoms with E-state index >= 15 is 0 Å². The lowest BCUT2D eigenvalue weighted by molar-refractivity contribution is -0.954. The molecule has 44 heavy (non-hydrogen) atoms. The van der Waals surface area contributed by atoms with Crippen molar-refractivity contribution in [1.82, 2.24) is 4.98 Å². The number of pyridine rings is 3. The van der Waals surface area contributed by atoms with Gasteiger partial charge in [-0.2, -0.15) is 0 Å². The summed E-state index contributed by atoms with van der Waals surface area (Å²) in [6, 6.07) is 25.1. The molecule has 2 aliphatic heterocycles. The van der Waals surface area contributed by atoms with Crippen LogP contribution in [0.3, 0.4) is 0 Å². The van der Waals surface area contributed by atoms with Gasteiger partial charge in [0.25, 0.3) is 0 Å². The largest absolute Gasteiger partial charge is 0.437 e. The first-order chi connectivity index (χ1) is 21.1. The molecule has 1 atom stereocenters. The zero-order chi connectivity index (χ0) is 30.5. The van der Waals surface area contributed by atoms with E-state index in [1.807, 2.05) is 12.3 Å². The molecule has 2 aromatic carbocycles. The smallest absolute Gasteiger partial charge is 0.417 e. The van der Waals surface area contributed by atoms with Gasteiger partial charge in [-0.3, -0.25) is 0 Å². The van der Waals surface area contributed by atoms with Gasteiger partial charge < -0.3 is 4.42 Å². The quantitative estimate of drug-likeness (QED) is 0.151. The summed E-state index contributed by atoms with van der Waals surface area (Å²) in [7, 11) is -1.69. The highest BCUT2D eigenvalue weighted by Gasteiger charge is 2.67. The molecule has 4 nitrogen and oxygen atoms in total. The Bertz CT molecular complexity index is 2130. The molecule has 0 fully saturated rings. The molecule has 6 heterocycles. The molecule has 5 heteroatoms. The Labute approximate surface area is 261 Å². The molecule has 8 rings (SSSR count). The van der Waals surface area contributed by atoms with Crippen LogP contribution in [0.2, 0.25) is 19.6 Å². The fraction of sp³-hybridized carbons (Fsp3) is 0.308. The van der Waals surface area contributed by atoms with Crippen molar-refractivity contribution in [3.63, 3.8) is 0 Å². The second kappa shape index (κ2) is 9.45. The second-order valence-corrected chi connectivity index (χ2v) is 19.8. The summed E-state index contributed by atoms with van der Waals surface area (Å²) < 4.78 is 11.8. The Hall–Kier alpha value is -4.09.